The summed E-state index contributed by atoms with van der Waals surface area (Å²) in [6.45, 7) is 4.55. The normalized spacial score (nSPS) is 23.9. The maximum Gasteiger partial charge on any atom is 0.219 e. The van der Waals surface area contributed by atoms with Crippen LogP contribution in [0.5, 0.6) is 11.6 Å². The van der Waals surface area contributed by atoms with Crippen molar-refractivity contribution < 1.29 is 17.5 Å². The van der Waals surface area contributed by atoms with E-state index in [0.29, 0.717) is 11.6 Å². The number of halogens is 1. The van der Waals surface area contributed by atoms with Gasteiger partial charge in [-0.25, -0.2) is 17.8 Å². The first-order valence-corrected chi connectivity index (χ1v) is 9.67. The quantitative estimate of drug-likeness (QED) is 0.887. The fourth-order valence-corrected chi connectivity index (χ4v) is 4.47. The van der Waals surface area contributed by atoms with Gasteiger partial charge in [-0.2, -0.15) is 0 Å². The number of aromatic nitrogens is 1. The van der Waals surface area contributed by atoms with Crippen molar-refractivity contribution in [3.8, 4) is 11.6 Å². The highest BCUT2D eigenvalue weighted by Crippen LogP contribution is 2.39. The van der Waals surface area contributed by atoms with E-state index in [-0.39, 0.29) is 17.2 Å². The Morgan fingerprint density at radius 3 is 2.54 bits per heavy atom. The zero-order valence-corrected chi connectivity index (χ0v) is 15.5. The van der Waals surface area contributed by atoms with Gasteiger partial charge < -0.3 is 10.5 Å². The summed E-state index contributed by atoms with van der Waals surface area (Å²) in [5.74, 6) is -0.292. The maximum absolute atomic E-state index is 14.5. The van der Waals surface area contributed by atoms with Crippen molar-refractivity contribution in [2.75, 3.05) is 5.75 Å². The topological polar surface area (TPSA) is 94.6 Å². The van der Waals surface area contributed by atoms with Crippen molar-refractivity contribution in [3.63, 3.8) is 0 Å². The minimum absolute atomic E-state index is 0.0401. The number of amidine groups is 1. The average Bonchev–Trinajstić information content (AvgIpc) is 2.55. The van der Waals surface area contributed by atoms with Crippen LogP contribution in [-0.2, 0) is 15.4 Å². The molecule has 3 rings (SSSR count). The third-order valence-electron chi connectivity index (χ3n) is 4.61. The van der Waals surface area contributed by atoms with Crippen LogP contribution in [0.2, 0.25) is 0 Å². The Morgan fingerprint density at radius 2 is 1.92 bits per heavy atom. The van der Waals surface area contributed by atoms with Gasteiger partial charge >= 0.3 is 0 Å². The summed E-state index contributed by atoms with van der Waals surface area (Å²) in [6, 6.07) is 9.27. The van der Waals surface area contributed by atoms with Crippen molar-refractivity contribution in [1.29, 1.82) is 0 Å². The van der Waals surface area contributed by atoms with E-state index in [4.69, 9.17) is 10.5 Å². The number of hydrogen-bond donors (Lipinski definition) is 1. The van der Waals surface area contributed by atoms with Crippen LogP contribution < -0.4 is 10.5 Å². The van der Waals surface area contributed by atoms with Crippen LogP contribution >= 0.6 is 0 Å². The molecule has 0 radical (unpaired) electrons. The van der Waals surface area contributed by atoms with Crippen LogP contribution in [0.4, 0.5) is 4.39 Å². The van der Waals surface area contributed by atoms with E-state index >= 15 is 0 Å². The Balaban J connectivity index is 2.06. The number of nitrogens with zero attached hydrogens (tertiary/aromatic N) is 2. The standard InChI is InChI=1S/C18H20FN3O3S/c1-17(2)16(20)22-18(3,11-26(17,23)24)13-10-12(7-8-14(13)19)25-15-6-4-5-9-21-15/h4-10H,11H2,1-3H3,(H2,20,22)/t18-/m0/s1. The molecule has 26 heavy (non-hydrogen) atoms. The Morgan fingerprint density at radius 1 is 1.19 bits per heavy atom. The summed E-state index contributed by atoms with van der Waals surface area (Å²) in [7, 11) is -3.63. The minimum Gasteiger partial charge on any atom is -0.439 e. The average molecular weight is 377 g/mol. The predicted octanol–water partition coefficient (Wildman–Crippen LogP) is 2.79. The summed E-state index contributed by atoms with van der Waals surface area (Å²) in [6.07, 6.45) is 1.57. The summed E-state index contributed by atoms with van der Waals surface area (Å²) < 4.78 is 44.2. The first-order chi connectivity index (χ1) is 12.1. The van der Waals surface area contributed by atoms with E-state index in [9.17, 15) is 12.8 Å². The van der Waals surface area contributed by atoms with Crippen molar-refractivity contribution in [1.82, 2.24) is 4.98 Å². The fraction of sp³-hybridized carbons (Fsp3) is 0.333. The number of pyridine rings is 1. The van der Waals surface area contributed by atoms with Gasteiger partial charge in [0.1, 0.15) is 27.7 Å². The number of benzene rings is 1. The Bertz CT molecular complexity index is 974. The molecule has 2 aromatic rings. The van der Waals surface area contributed by atoms with Crippen molar-refractivity contribution in [2.45, 2.75) is 31.1 Å². The van der Waals surface area contributed by atoms with Gasteiger partial charge in [0.25, 0.3) is 0 Å². The number of ether oxygens (including phenoxy) is 1. The van der Waals surface area contributed by atoms with E-state index in [1.807, 2.05) is 0 Å². The number of sulfone groups is 1. The van der Waals surface area contributed by atoms with E-state index in [1.165, 1.54) is 32.0 Å². The molecule has 1 aliphatic heterocycles. The largest absolute Gasteiger partial charge is 0.439 e. The molecule has 1 aromatic carbocycles. The third kappa shape index (κ3) is 3.05. The molecule has 0 bridgehead atoms. The van der Waals surface area contributed by atoms with E-state index in [1.54, 1.807) is 31.3 Å². The number of aliphatic imine (C=N–C) groups is 1. The van der Waals surface area contributed by atoms with Crippen LogP contribution in [0, 0.1) is 5.82 Å². The Hall–Kier alpha value is -2.48. The van der Waals surface area contributed by atoms with Gasteiger partial charge in [0.2, 0.25) is 5.88 Å². The minimum atomic E-state index is -3.63. The summed E-state index contributed by atoms with van der Waals surface area (Å²) >= 11 is 0. The molecule has 0 saturated carbocycles. The van der Waals surface area contributed by atoms with E-state index in [2.05, 4.69) is 9.98 Å². The van der Waals surface area contributed by atoms with Gasteiger partial charge in [-0.3, -0.25) is 4.99 Å². The van der Waals surface area contributed by atoms with Gasteiger partial charge in [-0.05, 0) is 45.0 Å². The highest BCUT2D eigenvalue weighted by atomic mass is 32.2. The third-order valence-corrected chi connectivity index (χ3v) is 7.32. The molecule has 1 aromatic heterocycles. The molecule has 0 aliphatic carbocycles. The van der Waals surface area contributed by atoms with Crippen molar-refractivity contribution in [3.05, 3.63) is 54.0 Å². The molecule has 6 nitrogen and oxygen atoms in total. The SMILES string of the molecule is CC1(C)C(N)=N[C@](C)(c2cc(Oc3ccccn3)ccc2F)CS1(=O)=O. The highest BCUT2D eigenvalue weighted by molar-refractivity contribution is 7.93. The second-order valence-corrected chi connectivity index (χ2v) is 9.49. The molecule has 0 amide bonds. The smallest absolute Gasteiger partial charge is 0.219 e. The number of nitrogens with two attached hydrogens (primary N) is 1. The Labute approximate surface area is 151 Å². The molecule has 1 atom stereocenters. The Kier molecular flexibility index (Phi) is 4.26. The first-order valence-electron chi connectivity index (χ1n) is 8.02. The van der Waals surface area contributed by atoms with Crippen LogP contribution in [-0.4, -0.2) is 29.7 Å². The molecular weight excluding hydrogens is 357 g/mol. The summed E-state index contributed by atoms with van der Waals surface area (Å²) in [5, 5.41) is 0. The van der Waals surface area contributed by atoms with E-state index in [0.717, 1.165) is 0 Å². The lowest BCUT2D eigenvalue weighted by Gasteiger charge is -2.37. The summed E-state index contributed by atoms with van der Waals surface area (Å²) in [4.78, 5) is 8.40. The lowest BCUT2D eigenvalue weighted by molar-refractivity contribution is 0.446. The van der Waals surface area contributed by atoms with Crippen LogP contribution in [0.1, 0.15) is 26.3 Å². The second kappa shape index (κ2) is 6.05. The molecule has 2 heterocycles. The highest BCUT2D eigenvalue weighted by Gasteiger charge is 2.49. The van der Waals surface area contributed by atoms with Crippen molar-refractivity contribution >= 4 is 15.7 Å². The fourth-order valence-electron chi connectivity index (χ4n) is 2.79. The van der Waals surface area contributed by atoms with Crippen LogP contribution in [0.15, 0.2) is 47.6 Å². The first kappa shape index (κ1) is 18.3. The second-order valence-electron chi connectivity index (χ2n) is 6.95. The predicted molar refractivity (Wildman–Crippen MR) is 97.6 cm³/mol. The molecule has 0 spiro atoms. The number of rotatable bonds is 3. The lowest BCUT2D eigenvalue weighted by Crippen LogP contribution is -2.54. The monoisotopic (exact) mass is 377 g/mol. The molecule has 138 valence electrons. The molecule has 0 fully saturated rings. The van der Waals surface area contributed by atoms with Gasteiger partial charge in [-0.1, -0.05) is 6.07 Å². The van der Waals surface area contributed by atoms with Gasteiger partial charge in [-0.15, -0.1) is 0 Å². The summed E-state index contributed by atoms with van der Waals surface area (Å²) in [5.41, 5.74) is 4.68. The maximum atomic E-state index is 14.5. The molecule has 0 saturated heterocycles. The van der Waals surface area contributed by atoms with Crippen LogP contribution in [0.25, 0.3) is 0 Å². The molecular formula is C18H20FN3O3S. The zero-order valence-electron chi connectivity index (χ0n) is 14.7. The van der Waals surface area contributed by atoms with Crippen LogP contribution in [0.3, 0.4) is 0 Å². The zero-order chi connectivity index (χ0) is 19.2. The number of hydrogen-bond acceptors (Lipinski definition) is 6. The van der Waals surface area contributed by atoms with Gasteiger partial charge in [0.15, 0.2) is 9.84 Å². The van der Waals surface area contributed by atoms with Crippen molar-refractivity contribution in [2.24, 2.45) is 10.7 Å². The van der Waals surface area contributed by atoms with Gasteiger partial charge in [0, 0.05) is 17.8 Å². The molecule has 2 N–H and O–H groups in total. The molecule has 0 unspecified atom stereocenters. The van der Waals surface area contributed by atoms with E-state index < -0.39 is 25.9 Å². The molecule has 8 heteroatoms. The lowest BCUT2D eigenvalue weighted by atomic mass is 9.93. The molecule has 1 aliphatic rings. The van der Waals surface area contributed by atoms with Gasteiger partial charge in [0.05, 0.1) is 5.75 Å².